The molecule has 2 heterocycles. The number of hydrogen-bond donors (Lipinski definition) is 2. The zero-order valence-corrected chi connectivity index (χ0v) is 18.9. The normalized spacial score (nSPS) is 21.7. The number of methoxy groups -OCH3 is 2. The van der Waals surface area contributed by atoms with E-state index in [1.54, 1.807) is 14.2 Å². The fourth-order valence-corrected chi connectivity index (χ4v) is 4.62. The number of benzene rings is 1. The van der Waals surface area contributed by atoms with Crippen LogP contribution in [0.25, 0.3) is 0 Å². The number of likely N-dealkylation sites (tertiary alicyclic amines) is 2. The number of guanidine groups is 1. The first kappa shape index (κ1) is 22.8. The molecule has 3 rings (SSSR count). The SMILES string of the molecule is CN=C(NCC1CCCN1CCOC)NCC(c1cccc(OC)c1)N1CCCC1. The van der Waals surface area contributed by atoms with Crippen molar-refractivity contribution in [1.82, 2.24) is 20.4 Å². The van der Waals surface area contributed by atoms with Crippen LogP contribution in [0.1, 0.15) is 37.3 Å². The molecule has 2 saturated heterocycles. The molecule has 0 aromatic heterocycles. The fraction of sp³-hybridized carbons (Fsp3) is 0.696. The van der Waals surface area contributed by atoms with Gasteiger partial charge in [0.2, 0.25) is 0 Å². The summed E-state index contributed by atoms with van der Waals surface area (Å²) in [5.41, 5.74) is 1.29. The van der Waals surface area contributed by atoms with Crippen LogP contribution in [-0.4, -0.2) is 88.9 Å². The highest BCUT2D eigenvalue weighted by Gasteiger charge is 2.26. The summed E-state index contributed by atoms with van der Waals surface area (Å²) >= 11 is 0. The number of hydrogen-bond acceptors (Lipinski definition) is 5. The van der Waals surface area contributed by atoms with Crippen LogP contribution >= 0.6 is 0 Å². The molecule has 2 aliphatic rings. The third-order valence-corrected chi connectivity index (χ3v) is 6.33. The number of ether oxygens (including phenoxy) is 2. The van der Waals surface area contributed by atoms with E-state index >= 15 is 0 Å². The second-order valence-corrected chi connectivity index (χ2v) is 8.19. The summed E-state index contributed by atoms with van der Waals surface area (Å²) in [7, 11) is 5.35. The Hall–Kier alpha value is -1.83. The Balaban J connectivity index is 1.56. The Labute approximate surface area is 181 Å². The van der Waals surface area contributed by atoms with Gasteiger partial charge in [0, 0.05) is 39.8 Å². The lowest BCUT2D eigenvalue weighted by atomic mass is 10.1. The van der Waals surface area contributed by atoms with Crippen molar-refractivity contribution in [3.8, 4) is 5.75 Å². The lowest BCUT2D eigenvalue weighted by Gasteiger charge is -2.30. The maximum atomic E-state index is 5.46. The van der Waals surface area contributed by atoms with Gasteiger partial charge in [-0.2, -0.15) is 0 Å². The summed E-state index contributed by atoms with van der Waals surface area (Å²) in [6.45, 7) is 6.98. The second kappa shape index (κ2) is 12.1. The fourth-order valence-electron chi connectivity index (χ4n) is 4.62. The summed E-state index contributed by atoms with van der Waals surface area (Å²) in [6, 6.07) is 9.31. The smallest absolute Gasteiger partial charge is 0.191 e. The molecule has 0 aliphatic carbocycles. The molecule has 2 N–H and O–H groups in total. The molecule has 2 atom stereocenters. The molecular weight excluding hydrogens is 378 g/mol. The van der Waals surface area contributed by atoms with Crippen molar-refractivity contribution in [2.45, 2.75) is 37.8 Å². The Morgan fingerprint density at radius 1 is 1.17 bits per heavy atom. The van der Waals surface area contributed by atoms with Gasteiger partial charge in [-0.05, 0) is 63.0 Å². The van der Waals surface area contributed by atoms with Crippen LogP contribution in [0.2, 0.25) is 0 Å². The summed E-state index contributed by atoms with van der Waals surface area (Å²) in [6.07, 6.45) is 5.03. The average Bonchev–Trinajstić information content (AvgIpc) is 3.47. The Bertz CT molecular complexity index is 663. The van der Waals surface area contributed by atoms with Crippen LogP contribution in [-0.2, 0) is 4.74 Å². The average molecular weight is 418 g/mol. The van der Waals surface area contributed by atoms with Gasteiger partial charge in [-0.25, -0.2) is 0 Å². The summed E-state index contributed by atoms with van der Waals surface area (Å²) < 4.78 is 10.7. The van der Waals surface area contributed by atoms with E-state index in [1.165, 1.54) is 31.2 Å². The van der Waals surface area contributed by atoms with Crippen molar-refractivity contribution < 1.29 is 9.47 Å². The van der Waals surface area contributed by atoms with Crippen LogP contribution in [0.15, 0.2) is 29.3 Å². The molecule has 0 spiro atoms. The largest absolute Gasteiger partial charge is 0.497 e. The molecule has 0 bridgehead atoms. The Morgan fingerprint density at radius 3 is 2.73 bits per heavy atom. The quantitative estimate of drug-likeness (QED) is 0.449. The predicted octanol–water partition coefficient (Wildman–Crippen LogP) is 2.11. The monoisotopic (exact) mass is 417 g/mol. The van der Waals surface area contributed by atoms with Gasteiger partial charge in [0.15, 0.2) is 5.96 Å². The molecule has 1 aromatic carbocycles. The standard InChI is InChI=1S/C23H39N5O2/c1-24-23(25-17-20-9-7-13-27(20)14-15-29-2)26-18-22(28-11-4-5-12-28)19-8-6-10-21(16-19)30-3/h6,8,10,16,20,22H,4-5,7,9,11-15,17-18H2,1-3H3,(H2,24,25,26). The van der Waals surface area contributed by atoms with E-state index in [0.717, 1.165) is 57.6 Å². The van der Waals surface area contributed by atoms with Crippen molar-refractivity contribution in [1.29, 1.82) is 0 Å². The molecule has 2 fully saturated rings. The van der Waals surface area contributed by atoms with Crippen molar-refractivity contribution in [2.75, 3.05) is 67.1 Å². The molecule has 2 aliphatic heterocycles. The van der Waals surface area contributed by atoms with E-state index in [4.69, 9.17) is 9.47 Å². The zero-order chi connectivity index (χ0) is 21.2. The van der Waals surface area contributed by atoms with Gasteiger partial charge in [0.1, 0.15) is 5.75 Å². The molecule has 0 radical (unpaired) electrons. The number of nitrogens with zero attached hydrogens (tertiary/aromatic N) is 3. The third-order valence-electron chi connectivity index (χ3n) is 6.33. The molecule has 0 amide bonds. The lowest BCUT2D eigenvalue weighted by molar-refractivity contribution is 0.141. The zero-order valence-electron chi connectivity index (χ0n) is 18.9. The van der Waals surface area contributed by atoms with Crippen molar-refractivity contribution in [2.24, 2.45) is 4.99 Å². The number of rotatable bonds is 10. The molecule has 2 unspecified atom stereocenters. The van der Waals surface area contributed by atoms with Crippen LogP contribution in [0.3, 0.4) is 0 Å². The van der Waals surface area contributed by atoms with Crippen molar-refractivity contribution >= 4 is 5.96 Å². The summed E-state index contributed by atoms with van der Waals surface area (Å²) in [5, 5.41) is 7.13. The van der Waals surface area contributed by atoms with E-state index < -0.39 is 0 Å². The van der Waals surface area contributed by atoms with Gasteiger partial charge in [-0.1, -0.05) is 12.1 Å². The first-order chi connectivity index (χ1) is 14.7. The predicted molar refractivity (Wildman–Crippen MR) is 122 cm³/mol. The second-order valence-electron chi connectivity index (χ2n) is 8.19. The highest BCUT2D eigenvalue weighted by Crippen LogP contribution is 2.27. The number of aliphatic imine (C=N–C) groups is 1. The summed E-state index contributed by atoms with van der Waals surface area (Å²) in [4.78, 5) is 9.56. The molecule has 30 heavy (non-hydrogen) atoms. The highest BCUT2D eigenvalue weighted by atomic mass is 16.5. The first-order valence-electron chi connectivity index (χ1n) is 11.3. The molecular formula is C23H39N5O2. The van der Waals surface area contributed by atoms with E-state index in [2.05, 4.69) is 43.6 Å². The third kappa shape index (κ3) is 6.33. The van der Waals surface area contributed by atoms with Crippen LogP contribution in [0, 0.1) is 0 Å². The maximum Gasteiger partial charge on any atom is 0.191 e. The minimum absolute atomic E-state index is 0.311. The summed E-state index contributed by atoms with van der Waals surface area (Å²) in [5.74, 6) is 1.79. The van der Waals surface area contributed by atoms with Crippen LogP contribution in [0.5, 0.6) is 5.75 Å². The minimum Gasteiger partial charge on any atom is -0.497 e. The van der Waals surface area contributed by atoms with Crippen molar-refractivity contribution in [3.63, 3.8) is 0 Å². The van der Waals surface area contributed by atoms with Gasteiger partial charge in [0.05, 0.1) is 19.8 Å². The Kier molecular flexibility index (Phi) is 9.24. The van der Waals surface area contributed by atoms with E-state index in [0.29, 0.717) is 12.1 Å². The van der Waals surface area contributed by atoms with Crippen LogP contribution < -0.4 is 15.4 Å². The first-order valence-corrected chi connectivity index (χ1v) is 11.3. The van der Waals surface area contributed by atoms with Gasteiger partial charge >= 0.3 is 0 Å². The van der Waals surface area contributed by atoms with Crippen molar-refractivity contribution in [3.05, 3.63) is 29.8 Å². The van der Waals surface area contributed by atoms with E-state index in [9.17, 15) is 0 Å². The molecule has 0 saturated carbocycles. The molecule has 7 nitrogen and oxygen atoms in total. The van der Waals surface area contributed by atoms with Gasteiger partial charge < -0.3 is 20.1 Å². The molecule has 7 heteroatoms. The molecule has 1 aromatic rings. The van der Waals surface area contributed by atoms with Gasteiger partial charge in [-0.3, -0.25) is 14.8 Å². The van der Waals surface area contributed by atoms with Gasteiger partial charge in [0.25, 0.3) is 0 Å². The maximum absolute atomic E-state index is 5.46. The van der Waals surface area contributed by atoms with E-state index in [-0.39, 0.29) is 0 Å². The number of nitrogens with one attached hydrogen (secondary N) is 2. The lowest BCUT2D eigenvalue weighted by Crippen LogP contribution is -2.47. The highest BCUT2D eigenvalue weighted by molar-refractivity contribution is 5.79. The van der Waals surface area contributed by atoms with Gasteiger partial charge in [-0.15, -0.1) is 0 Å². The van der Waals surface area contributed by atoms with E-state index in [1.807, 2.05) is 13.1 Å². The Morgan fingerprint density at radius 2 is 2.00 bits per heavy atom. The minimum atomic E-state index is 0.311. The topological polar surface area (TPSA) is 61.4 Å². The molecule has 168 valence electrons. The van der Waals surface area contributed by atoms with Crippen LogP contribution in [0.4, 0.5) is 0 Å².